The van der Waals surface area contributed by atoms with E-state index in [4.69, 9.17) is 11.5 Å². The Bertz CT molecular complexity index is 115. The Morgan fingerprint density at radius 2 is 2.20 bits per heavy atom. The van der Waals surface area contributed by atoms with Gasteiger partial charge in [0.1, 0.15) is 0 Å². The summed E-state index contributed by atoms with van der Waals surface area (Å²) in [4.78, 5) is 0. The van der Waals surface area contributed by atoms with Crippen molar-refractivity contribution in [1.29, 1.82) is 0 Å². The van der Waals surface area contributed by atoms with Crippen molar-refractivity contribution in [2.75, 3.05) is 13.2 Å². The van der Waals surface area contributed by atoms with Gasteiger partial charge in [-0.2, -0.15) is 0 Å². The van der Waals surface area contributed by atoms with Crippen molar-refractivity contribution in [1.82, 2.24) is 5.32 Å². The normalized spacial score (nSPS) is 13.1. The Morgan fingerprint density at radius 3 is 2.50 bits per heavy atom. The topological polar surface area (TPSA) is 32.3 Å². The zero-order valence-corrected chi connectivity index (χ0v) is 6.59. The highest BCUT2D eigenvalue weighted by atomic mass is 16.3. The molecule has 0 aliphatic carbocycles. The lowest BCUT2D eigenvalue weighted by Gasteiger charge is -2.17. The zero-order valence-electron chi connectivity index (χ0n) is 6.59. The molecule has 0 unspecified atom stereocenters. The molecule has 0 saturated heterocycles. The van der Waals surface area contributed by atoms with Crippen LogP contribution in [0.5, 0.6) is 0 Å². The Morgan fingerprint density at radius 1 is 1.60 bits per heavy atom. The van der Waals surface area contributed by atoms with Gasteiger partial charge in [-0.25, -0.2) is 0 Å². The van der Waals surface area contributed by atoms with Crippen molar-refractivity contribution in [2.45, 2.75) is 19.9 Å². The maximum atomic E-state index is 8.79. The Hall–Kier alpha value is -0.520. The van der Waals surface area contributed by atoms with E-state index >= 15 is 0 Å². The molecule has 1 atom stereocenters. The molecule has 0 aromatic heterocycles. The molecule has 0 rings (SSSR count). The summed E-state index contributed by atoms with van der Waals surface area (Å²) in [6.45, 7) is 4.78. The smallest absolute Gasteiger partial charge is 0.0587 e. The largest absolute Gasteiger partial charge is 0.395 e. The summed E-state index contributed by atoms with van der Waals surface area (Å²) in [5.41, 5.74) is 0. The summed E-state index contributed by atoms with van der Waals surface area (Å²) < 4.78 is 0. The van der Waals surface area contributed by atoms with Crippen LogP contribution in [0.4, 0.5) is 0 Å². The first-order valence-corrected chi connectivity index (χ1v) is 3.50. The fraction of sp³-hybridized carbons (Fsp3) is 0.750. The van der Waals surface area contributed by atoms with Crippen molar-refractivity contribution >= 4 is 0 Å². The van der Waals surface area contributed by atoms with Crippen molar-refractivity contribution in [3.63, 3.8) is 0 Å². The van der Waals surface area contributed by atoms with E-state index in [1.165, 1.54) is 0 Å². The van der Waals surface area contributed by atoms with Gasteiger partial charge in [0, 0.05) is 6.04 Å². The zero-order chi connectivity index (χ0) is 7.98. The molecule has 0 aliphatic rings. The molecule has 2 N–H and O–H groups in total. The molecule has 0 bridgehead atoms. The molecule has 0 saturated carbocycles. The van der Waals surface area contributed by atoms with Crippen molar-refractivity contribution in [2.24, 2.45) is 5.92 Å². The fourth-order valence-corrected chi connectivity index (χ4v) is 0.701. The second-order valence-electron chi connectivity index (χ2n) is 2.62. The molecule has 2 heteroatoms. The molecule has 0 aromatic carbocycles. The van der Waals surface area contributed by atoms with Gasteiger partial charge in [0.2, 0.25) is 0 Å². The van der Waals surface area contributed by atoms with Crippen molar-refractivity contribution in [3.05, 3.63) is 0 Å². The SMILES string of the molecule is C#CCN[C@H](CO)C(C)C. The van der Waals surface area contributed by atoms with Gasteiger partial charge < -0.3 is 10.4 Å². The molecule has 58 valence electrons. The van der Waals surface area contributed by atoms with Gasteiger partial charge in [-0.3, -0.25) is 0 Å². The molecular formula is C8H15NO. The lowest BCUT2D eigenvalue weighted by Crippen LogP contribution is -2.37. The maximum Gasteiger partial charge on any atom is 0.0587 e. The molecular weight excluding hydrogens is 126 g/mol. The van der Waals surface area contributed by atoms with E-state index in [1.807, 2.05) is 13.8 Å². The van der Waals surface area contributed by atoms with Crippen molar-refractivity contribution in [3.8, 4) is 12.3 Å². The lowest BCUT2D eigenvalue weighted by molar-refractivity contribution is 0.215. The Kier molecular flexibility index (Phi) is 5.00. The van der Waals surface area contributed by atoms with Gasteiger partial charge in [-0.15, -0.1) is 6.42 Å². The molecule has 0 radical (unpaired) electrons. The number of hydrogen-bond donors (Lipinski definition) is 2. The van der Waals surface area contributed by atoms with Gasteiger partial charge in [0.15, 0.2) is 0 Å². The van der Waals surface area contributed by atoms with Gasteiger partial charge in [0.25, 0.3) is 0 Å². The third-order valence-corrected chi connectivity index (χ3v) is 1.47. The van der Waals surface area contributed by atoms with Gasteiger partial charge in [-0.1, -0.05) is 19.8 Å². The van der Waals surface area contributed by atoms with Crippen LogP contribution in [-0.4, -0.2) is 24.3 Å². The third-order valence-electron chi connectivity index (χ3n) is 1.47. The van der Waals surface area contributed by atoms with Crippen LogP contribution in [0, 0.1) is 18.3 Å². The van der Waals surface area contributed by atoms with E-state index < -0.39 is 0 Å². The summed E-state index contributed by atoms with van der Waals surface area (Å²) >= 11 is 0. The van der Waals surface area contributed by atoms with Crippen LogP contribution >= 0.6 is 0 Å². The second-order valence-corrected chi connectivity index (χ2v) is 2.62. The molecule has 0 aliphatic heterocycles. The minimum absolute atomic E-state index is 0.135. The summed E-state index contributed by atoms with van der Waals surface area (Å²) in [7, 11) is 0. The number of aliphatic hydroxyl groups is 1. The summed E-state index contributed by atoms with van der Waals surface area (Å²) in [6, 6.07) is 0.135. The highest BCUT2D eigenvalue weighted by molar-refractivity contribution is 4.88. The first-order valence-electron chi connectivity index (χ1n) is 3.50. The molecule has 0 aromatic rings. The number of rotatable bonds is 4. The Balaban J connectivity index is 3.52. The maximum absolute atomic E-state index is 8.79. The number of aliphatic hydroxyl groups excluding tert-OH is 1. The minimum Gasteiger partial charge on any atom is -0.395 e. The predicted octanol–water partition coefficient (Wildman–Crippen LogP) is 0.226. The lowest BCUT2D eigenvalue weighted by atomic mass is 10.1. The quantitative estimate of drug-likeness (QED) is 0.549. The van der Waals surface area contributed by atoms with Crippen LogP contribution in [-0.2, 0) is 0 Å². The first kappa shape index (κ1) is 9.48. The highest BCUT2D eigenvalue weighted by Crippen LogP contribution is 1.98. The molecule has 0 amide bonds. The van der Waals surface area contributed by atoms with Crippen molar-refractivity contribution < 1.29 is 5.11 Å². The monoisotopic (exact) mass is 141 g/mol. The van der Waals surface area contributed by atoms with Crippen LogP contribution in [0.25, 0.3) is 0 Å². The van der Waals surface area contributed by atoms with E-state index in [2.05, 4.69) is 11.2 Å². The molecule has 2 nitrogen and oxygen atoms in total. The molecule has 0 heterocycles. The van der Waals surface area contributed by atoms with Gasteiger partial charge in [0.05, 0.1) is 13.2 Å². The van der Waals surface area contributed by atoms with E-state index in [0.29, 0.717) is 12.5 Å². The summed E-state index contributed by atoms with van der Waals surface area (Å²) in [5, 5.41) is 11.8. The van der Waals surface area contributed by atoms with Gasteiger partial charge in [-0.05, 0) is 5.92 Å². The average molecular weight is 141 g/mol. The number of nitrogens with one attached hydrogen (secondary N) is 1. The van der Waals surface area contributed by atoms with Crippen LogP contribution in [0.2, 0.25) is 0 Å². The van der Waals surface area contributed by atoms with Crippen LogP contribution in [0.1, 0.15) is 13.8 Å². The van der Waals surface area contributed by atoms with E-state index in [9.17, 15) is 0 Å². The van der Waals surface area contributed by atoms with Crippen LogP contribution in [0.3, 0.4) is 0 Å². The molecule has 0 spiro atoms. The highest BCUT2D eigenvalue weighted by Gasteiger charge is 2.08. The van der Waals surface area contributed by atoms with Crippen LogP contribution < -0.4 is 5.32 Å². The predicted molar refractivity (Wildman–Crippen MR) is 42.5 cm³/mol. The van der Waals surface area contributed by atoms with E-state index in [0.717, 1.165) is 0 Å². The summed E-state index contributed by atoms with van der Waals surface area (Å²) in [6.07, 6.45) is 5.04. The van der Waals surface area contributed by atoms with E-state index in [-0.39, 0.29) is 12.6 Å². The minimum atomic E-state index is 0.135. The summed E-state index contributed by atoms with van der Waals surface area (Å²) in [5.74, 6) is 2.89. The molecule has 10 heavy (non-hydrogen) atoms. The average Bonchev–Trinajstić information content (AvgIpc) is 1.89. The van der Waals surface area contributed by atoms with Crippen LogP contribution in [0.15, 0.2) is 0 Å². The molecule has 0 fully saturated rings. The first-order chi connectivity index (χ1) is 4.72. The third kappa shape index (κ3) is 3.49. The van der Waals surface area contributed by atoms with Gasteiger partial charge >= 0.3 is 0 Å². The standard InChI is InChI=1S/C8H15NO/c1-4-5-9-8(6-10)7(2)3/h1,7-10H,5-6H2,2-3H3/t8-/m1/s1. The number of terminal acetylenes is 1. The van der Waals surface area contributed by atoms with E-state index in [1.54, 1.807) is 0 Å². The Labute approximate surface area is 62.6 Å². The number of hydrogen-bond acceptors (Lipinski definition) is 2. The fourth-order valence-electron chi connectivity index (χ4n) is 0.701. The second kappa shape index (κ2) is 5.28.